The molecule has 0 aliphatic heterocycles. The second kappa shape index (κ2) is 4.94. The molecule has 0 N–H and O–H groups in total. The molecule has 0 spiro atoms. The molecule has 0 bridgehead atoms. The van der Waals surface area contributed by atoms with E-state index in [0.717, 1.165) is 0 Å². The maximum absolute atomic E-state index is 12.6. The normalized spacial score (nSPS) is 10.8. The van der Waals surface area contributed by atoms with Crippen molar-refractivity contribution in [2.45, 2.75) is 0 Å². The Morgan fingerprint density at radius 1 is 1.10 bits per heavy atom. The number of rotatable bonds is 2. The van der Waals surface area contributed by atoms with E-state index >= 15 is 0 Å². The van der Waals surface area contributed by atoms with E-state index in [2.05, 4.69) is 4.74 Å². The first kappa shape index (κ1) is 13.2. The number of carbonyl (C=O) groups excluding carboxylic acids is 1. The van der Waals surface area contributed by atoms with Gasteiger partial charge < -0.3 is 13.9 Å². The minimum absolute atomic E-state index is 0.241. The summed E-state index contributed by atoms with van der Waals surface area (Å²) in [5.74, 6) is -0.0666. The second-order valence-electron chi connectivity index (χ2n) is 4.47. The summed E-state index contributed by atoms with van der Waals surface area (Å²) in [4.78, 5) is 24.2. The largest absolute Gasteiger partial charge is 0.496 e. The molecule has 0 saturated heterocycles. The average molecular weight is 284 g/mol. The van der Waals surface area contributed by atoms with Gasteiger partial charge in [0.05, 0.1) is 25.2 Å². The van der Waals surface area contributed by atoms with Gasteiger partial charge in [0, 0.05) is 0 Å². The van der Waals surface area contributed by atoms with Gasteiger partial charge in [-0.3, -0.25) is 4.79 Å². The molecule has 0 amide bonds. The minimum atomic E-state index is -0.503. The fraction of sp³-hybridized carbons (Fsp3) is 0.125. The standard InChI is InChI=1S/C16H12O5/c1-19-12-4-3-5-13-14(12)15(17)10-8-9(16(18)20-2)6-7-11(10)21-13/h3-8H,1-2H3. The predicted octanol–water partition coefficient (Wildman–Crippen LogP) is 2.74. The lowest BCUT2D eigenvalue weighted by atomic mass is 10.1. The summed E-state index contributed by atoms with van der Waals surface area (Å²) in [6.45, 7) is 0. The minimum Gasteiger partial charge on any atom is -0.496 e. The van der Waals surface area contributed by atoms with Gasteiger partial charge in [0.1, 0.15) is 22.3 Å². The SMILES string of the molecule is COC(=O)c1ccc2oc3cccc(OC)c3c(=O)c2c1. The van der Waals surface area contributed by atoms with E-state index in [-0.39, 0.29) is 5.43 Å². The monoisotopic (exact) mass is 284 g/mol. The number of fused-ring (bicyclic) bond motifs is 2. The van der Waals surface area contributed by atoms with Crippen molar-refractivity contribution in [3.8, 4) is 5.75 Å². The van der Waals surface area contributed by atoms with Crippen molar-refractivity contribution in [3.05, 3.63) is 52.2 Å². The highest BCUT2D eigenvalue weighted by molar-refractivity contribution is 5.98. The summed E-state index contributed by atoms with van der Waals surface area (Å²) in [6, 6.07) is 9.75. The van der Waals surface area contributed by atoms with Crippen molar-refractivity contribution in [1.82, 2.24) is 0 Å². The van der Waals surface area contributed by atoms with Gasteiger partial charge in [-0.1, -0.05) is 6.07 Å². The van der Waals surface area contributed by atoms with Gasteiger partial charge in [0.2, 0.25) is 5.43 Å². The van der Waals surface area contributed by atoms with Crippen LogP contribution in [-0.2, 0) is 4.74 Å². The molecule has 0 unspecified atom stereocenters. The van der Waals surface area contributed by atoms with Crippen LogP contribution in [0.3, 0.4) is 0 Å². The van der Waals surface area contributed by atoms with E-state index in [1.54, 1.807) is 30.3 Å². The van der Waals surface area contributed by atoms with E-state index in [1.165, 1.54) is 20.3 Å². The number of hydrogen-bond acceptors (Lipinski definition) is 5. The van der Waals surface area contributed by atoms with Gasteiger partial charge >= 0.3 is 5.97 Å². The van der Waals surface area contributed by atoms with E-state index < -0.39 is 5.97 Å². The molecule has 1 heterocycles. The molecule has 1 aromatic heterocycles. The zero-order chi connectivity index (χ0) is 15.0. The van der Waals surface area contributed by atoms with Crippen LogP contribution < -0.4 is 10.2 Å². The number of carbonyl (C=O) groups is 1. The Morgan fingerprint density at radius 2 is 1.90 bits per heavy atom. The maximum Gasteiger partial charge on any atom is 0.337 e. The molecule has 5 heteroatoms. The molecule has 0 aliphatic carbocycles. The van der Waals surface area contributed by atoms with E-state index in [4.69, 9.17) is 9.15 Å². The molecule has 0 aliphatic rings. The molecular weight excluding hydrogens is 272 g/mol. The molecule has 0 fully saturated rings. The molecular formula is C16H12O5. The molecule has 3 rings (SSSR count). The summed E-state index contributed by atoms with van der Waals surface area (Å²) >= 11 is 0. The first-order valence-corrected chi connectivity index (χ1v) is 6.27. The van der Waals surface area contributed by atoms with E-state index in [9.17, 15) is 9.59 Å². The Labute approximate surface area is 119 Å². The Balaban J connectivity index is 2.42. The zero-order valence-electron chi connectivity index (χ0n) is 11.5. The van der Waals surface area contributed by atoms with Crippen LogP contribution in [0.15, 0.2) is 45.6 Å². The van der Waals surface area contributed by atoms with Gasteiger partial charge in [-0.25, -0.2) is 4.79 Å². The van der Waals surface area contributed by atoms with Crippen molar-refractivity contribution >= 4 is 27.9 Å². The third-order valence-electron chi connectivity index (χ3n) is 3.30. The van der Waals surface area contributed by atoms with Gasteiger partial charge in [-0.05, 0) is 30.3 Å². The van der Waals surface area contributed by atoms with Crippen molar-refractivity contribution in [2.75, 3.05) is 14.2 Å². The third-order valence-corrected chi connectivity index (χ3v) is 3.30. The molecule has 5 nitrogen and oxygen atoms in total. The summed E-state index contributed by atoms with van der Waals surface area (Å²) in [5, 5.41) is 0.671. The van der Waals surface area contributed by atoms with Crippen molar-refractivity contribution in [2.24, 2.45) is 0 Å². The van der Waals surface area contributed by atoms with Crippen molar-refractivity contribution in [1.29, 1.82) is 0 Å². The van der Waals surface area contributed by atoms with Gasteiger partial charge in [0.15, 0.2) is 0 Å². The summed E-state index contributed by atoms with van der Waals surface area (Å²) in [7, 11) is 2.78. The van der Waals surface area contributed by atoms with Crippen molar-refractivity contribution < 1.29 is 18.7 Å². The van der Waals surface area contributed by atoms with Crippen LogP contribution in [0.2, 0.25) is 0 Å². The predicted molar refractivity (Wildman–Crippen MR) is 77.9 cm³/mol. The first-order chi connectivity index (χ1) is 10.2. The highest BCUT2D eigenvalue weighted by atomic mass is 16.5. The van der Waals surface area contributed by atoms with Crippen molar-refractivity contribution in [3.63, 3.8) is 0 Å². The molecule has 2 aromatic carbocycles. The maximum atomic E-state index is 12.6. The zero-order valence-corrected chi connectivity index (χ0v) is 11.5. The fourth-order valence-electron chi connectivity index (χ4n) is 2.28. The number of ether oxygens (including phenoxy) is 2. The average Bonchev–Trinajstić information content (AvgIpc) is 2.53. The van der Waals surface area contributed by atoms with Crippen LogP contribution in [-0.4, -0.2) is 20.2 Å². The number of esters is 1. The number of methoxy groups -OCH3 is 2. The molecule has 0 radical (unpaired) electrons. The quantitative estimate of drug-likeness (QED) is 0.534. The van der Waals surface area contributed by atoms with Gasteiger partial charge in [0.25, 0.3) is 0 Å². The summed E-state index contributed by atoms with van der Waals surface area (Å²) in [6.07, 6.45) is 0. The van der Waals surface area contributed by atoms with E-state index in [1.807, 2.05) is 0 Å². The molecule has 106 valence electrons. The summed E-state index contributed by atoms with van der Waals surface area (Å²) in [5.41, 5.74) is 0.909. The number of hydrogen-bond donors (Lipinski definition) is 0. The molecule has 21 heavy (non-hydrogen) atoms. The highest BCUT2D eigenvalue weighted by Crippen LogP contribution is 2.26. The van der Waals surface area contributed by atoms with Crippen LogP contribution in [0.5, 0.6) is 5.75 Å². The Morgan fingerprint density at radius 3 is 2.62 bits per heavy atom. The van der Waals surface area contributed by atoms with Gasteiger partial charge in [-0.2, -0.15) is 0 Å². The Kier molecular flexibility index (Phi) is 3.10. The molecule has 0 saturated carbocycles. The summed E-state index contributed by atoms with van der Waals surface area (Å²) < 4.78 is 15.6. The Hall–Kier alpha value is -2.82. The van der Waals surface area contributed by atoms with Crippen LogP contribution in [0.25, 0.3) is 21.9 Å². The third kappa shape index (κ3) is 2.03. The smallest absolute Gasteiger partial charge is 0.337 e. The topological polar surface area (TPSA) is 65.7 Å². The van der Waals surface area contributed by atoms with E-state index in [0.29, 0.717) is 33.3 Å². The van der Waals surface area contributed by atoms with Crippen LogP contribution in [0.1, 0.15) is 10.4 Å². The molecule has 3 aromatic rings. The van der Waals surface area contributed by atoms with Crippen LogP contribution in [0.4, 0.5) is 0 Å². The highest BCUT2D eigenvalue weighted by Gasteiger charge is 2.14. The number of benzene rings is 2. The fourth-order valence-corrected chi connectivity index (χ4v) is 2.28. The Bertz CT molecular complexity index is 908. The lowest BCUT2D eigenvalue weighted by molar-refractivity contribution is 0.0601. The van der Waals surface area contributed by atoms with Gasteiger partial charge in [-0.15, -0.1) is 0 Å². The molecule has 0 atom stereocenters. The first-order valence-electron chi connectivity index (χ1n) is 6.27. The lowest BCUT2D eigenvalue weighted by Crippen LogP contribution is -2.07. The van der Waals surface area contributed by atoms with Crippen LogP contribution in [0, 0.1) is 0 Å². The second-order valence-corrected chi connectivity index (χ2v) is 4.47. The lowest BCUT2D eigenvalue weighted by Gasteiger charge is -2.06. The van der Waals surface area contributed by atoms with Crippen LogP contribution >= 0.6 is 0 Å².